The number of hydrogen-bond acceptors (Lipinski definition) is 8. The van der Waals surface area contributed by atoms with Gasteiger partial charge in [0.25, 0.3) is 17.5 Å². The summed E-state index contributed by atoms with van der Waals surface area (Å²) in [6.07, 6.45) is 11.5. The summed E-state index contributed by atoms with van der Waals surface area (Å²) in [5.74, 6) is 2.23. The van der Waals surface area contributed by atoms with E-state index in [1.807, 2.05) is 0 Å². The number of nitrogens with zero attached hydrogens (tertiary/aromatic N) is 5. The maximum Gasteiger partial charge on any atom is 0.279 e. The molecule has 2 N–H and O–H groups in total. The Balaban J connectivity index is 1.39. The number of methoxy groups -OCH3 is 1. The molecule has 5 rings (SSSR count). The number of terminal acetylenes is 1. The molecule has 0 bridgehead atoms. The lowest BCUT2D eigenvalue weighted by Gasteiger charge is -2.39. The second-order valence-corrected chi connectivity index (χ2v) is 10.5. The summed E-state index contributed by atoms with van der Waals surface area (Å²) >= 11 is 0. The predicted molar refractivity (Wildman–Crippen MR) is 147 cm³/mol. The van der Waals surface area contributed by atoms with E-state index in [0.29, 0.717) is 28.5 Å². The van der Waals surface area contributed by atoms with Crippen LogP contribution in [0.3, 0.4) is 0 Å². The number of benzene rings is 1. The highest BCUT2D eigenvalue weighted by Crippen LogP contribution is 2.40. The summed E-state index contributed by atoms with van der Waals surface area (Å²) in [7, 11) is 5.08. The maximum atomic E-state index is 15.6. The Morgan fingerprint density at radius 3 is 2.62 bits per heavy atom. The number of piperidine rings is 1. The zero-order chi connectivity index (χ0) is 27.7. The van der Waals surface area contributed by atoms with Crippen LogP contribution in [-0.2, 0) is 4.79 Å². The average Bonchev–Trinajstić information content (AvgIpc) is 2.99. The third-order valence-corrected chi connectivity index (χ3v) is 7.92. The number of anilines is 4. The monoisotopic (exact) mass is 535 g/mol. The molecule has 1 aromatic carbocycles. The van der Waals surface area contributed by atoms with Gasteiger partial charge in [-0.05, 0) is 70.4 Å². The number of ether oxygens (including phenoxy) is 1. The fourth-order valence-electron chi connectivity index (χ4n) is 5.21. The van der Waals surface area contributed by atoms with Gasteiger partial charge in [-0.3, -0.25) is 9.59 Å². The van der Waals surface area contributed by atoms with Crippen LogP contribution >= 0.6 is 0 Å². The van der Waals surface area contributed by atoms with Gasteiger partial charge in [0.2, 0.25) is 5.95 Å². The molecule has 0 unspecified atom stereocenters. The van der Waals surface area contributed by atoms with Crippen LogP contribution in [0.5, 0.6) is 5.75 Å². The van der Waals surface area contributed by atoms with E-state index in [0.717, 1.165) is 45.2 Å². The van der Waals surface area contributed by atoms with Crippen molar-refractivity contribution in [2.24, 2.45) is 0 Å². The second-order valence-electron chi connectivity index (χ2n) is 10.5. The molecule has 1 saturated carbocycles. The number of fused-ring (bicyclic) bond motifs is 1. The summed E-state index contributed by atoms with van der Waals surface area (Å²) in [4.78, 5) is 40.1. The van der Waals surface area contributed by atoms with E-state index in [1.165, 1.54) is 25.3 Å². The molecule has 2 amide bonds. The second kappa shape index (κ2) is 10.7. The van der Waals surface area contributed by atoms with E-state index >= 15 is 4.39 Å². The first kappa shape index (κ1) is 26.7. The molecule has 1 saturated heterocycles. The Kier molecular flexibility index (Phi) is 7.32. The number of hydrogen-bond donors (Lipinski definition) is 2. The summed E-state index contributed by atoms with van der Waals surface area (Å²) in [6.45, 7) is 1.63. The van der Waals surface area contributed by atoms with Gasteiger partial charge in [0, 0.05) is 24.7 Å². The Morgan fingerprint density at radius 1 is 1.23 bits per heavy atom. The predicted octanol–water partition coefficient (Wildman–Crippen LogP) is 2.73. The number of alkyl halides is 1. The van der Waals surface area contributed by atoms with Crippen LogP contribution < -0.4 is 25.2 Å². The molecule has 1 aromatic heterocycles. The highest BCUT2D eigenvalue weighted by molar-refractivity contribution is 6.05. The van der Waals surface area contributed by atoms with Crippen LogP contribution in [0, 0.1) is 12.3 Å². The summed E-state index contributed by atoms with van der Waals surface area (Å²) < 4.78 is 21.1. The number of carbonyl (C=O) groups is 2. The van der Waals surface area contributed by atoms with Crippen molar-refractivity contribution in [3.8, 4) is 18.1 Å². The van der Waals surface area contributed by atoms with Crippen LogP contribution in [0.25, 0.3) is 0 Å². The van der Waals surface area contributed by atoms with Crippen molar-refractivity contribution in [1.29, 1.82) is 0 Å². The van der Waals surface area contributed by atoms with Gasteiger partial charge in [-0.25, -0.2) is 9.37 Å². The van der Waals surface area contributed by atoms with Crippen LogP contribution in [0.15, 0.2) is 24.4 Å². The van der Waals surface area contributed by atoms with E-state index in [2.05, 4.69) is 38.5 Å². The smallest absolute Gasteiger partial charge is 0.279 e. The minimum atomic E-state index is -2.47. The topological polar surface area (TPSA) is 103 Å². The Labute approximate surface area is 227 Å². The third kappa shape index (κ3) is 5.21. The molecule has 2 aliphatic heterocycles. The van der Waals surface area contributed by atoms with Gasteiger partial charge in [-0.2, -0.15) is 4.98 Å². The number of rotatable bonds is 6. The molecule has 206 valence electrons. The molecule has 11 heteroatoms. The molecular weight excluding hydrogens is 501 g/mol. The van der Waals surface area contributed by atoms with Gasteiger partial charge in [0.15, 0.2) is 5.82 Å². The first-order chi connectivity index (χ1) is 18.7. The van der Waals surface area contributed by atoms with Crippen molar-refractivity contribution in [1.82, 2.24) is 20.2 Å². The molecular formula is C28H34FN7O3. The Hall–Kier alpha value is -3.91. The number of nitrogens with one attached hydrogen (secondary N) is 2. The highest BCUT2D eigenvalue weighted by Gasteiger charge is 2.47. The minimum absolute atomic E-state index is 0.0335. The SMILES string of the molecule is C#C[C@]1(F)CN(C2CCC2)c2nc(Nc3ccc(C(=O)NC4CCN(C)CC4)cc3OC)ncc2N(C)C1=O. The molecule has 1 aliphatic carbocycles. The fraction of sp³-hybridized carbons (Fsp3) is 0.500. The summed E-state index contributed by atoms with van der Waals surface area (Å²) in [5.41, 5.74) is -1.03. The third-order valence-electron chi connectivity index (χ3n) is 7.92. The van der Waals surface area contributed by atoms with Crippen molar-refractivity contribution in [3.05, 3.63) is 30.0 Å². The van der Waals surface area contributed by atoms with Gasteiger partial charge < -0.3 is 30.1 Å². The lowest BCUT2D eigenvalue weighted by molar-refractivity contribution is -0.125. The first-order valence-electron chi connectivity index (χ1n) is 13.3. The minimum Gasteiger partial charge on any atom is -0.495 e. The summed E-state index contributed by atoms with van der Waals surface area (Å²) in [5, 5.41) is 6.27. The van der Waals surface area contributed by atoms with Crippen molar-refractivity contribution in [3.63, 3.8) is 0 Å². The van der Waals surface area contributed by atoms with Crippen molar-refractivity contribution in [2.45, 2.75) is 49.9 Å². The fourth-order valence-corrected chi connectivity index (χ4v) is 5.21. The van der Waals surface area contributed by atoms with Crippen LogP contribution in [-0.4, -0.2) is 85.3 Å². The number of halogens is 1. The number of amides is 2. The largest absolute Gasteiger partial charge is 0.495 e. The number of aromatic nitrogens is 2. The Morgan fingerprint density at radius 2 is 1.97 bits per heavy atom. The summed E-state index contributed by atoms with van der Waals surface area (Å²) in [6, 6.07) is 5.31. The van der Waals surface area contributed by atoms with Gasteiger partial charge in [0.1, 0.15) is 11.4 Å². The van der Waals surface area contributed by atoms with Gasteiger partial charge >= 0.3 is 0 Å². The van der Waals surface area contributed by atoms with Gasteiger partial charge in [-0.1, -0.05) is 5.92 Å². The molecule has 10 nitrogen and oxygen atoms in total. The van der Waals surface area contributed by atoms with E-state index in [-0.39, 0.29) is 30.5 Å². The van der Waals surface area contributed by atoms with Crippen molar-refractivity contribution in [2.75, 3.05) is 56.0 Å². The van der Waals surface area contributed by atoms with E-state index < -0.39 is 11.6 Å². The van der Waals surface area contributed by atoms with Crippen LogP contribution in [0.4, 0.5) is 27.5 Å². The van der Waals surface area contributed by atoms with Crippen molar-refractivity contribution >= 4 is 35.0 Å². The number of likely N-dealkylation sites (tertiary alicyclic amines) is 1. The molecule has 3 aliphatic rings. The molecule has 0 spiro atoms. The Bertz CT molecular complexity index is 1300. The quantitative estimate of drug-likeness (QED) is 0.545. The lowest BCUT2D eigenvalue weighted by Crippen LogP contribution is -2.52. The standard InChI is InChI=1S/C28H34FN7O3/c1-5-28(29)17-36(20-7-6-8-20)24-22(35(3)26(28)38)16-30-27(33-24)32-21-10-9-18(15-23(21)39-4)25(37)31-19-11-13-34(2)14-12-19/h1,9-10,15-16,19-20H,6-8,11-14,17H2,2-4H3,(H,31,37)(H,30,32,33)/t28-/m0/s1. The maximum absolute atomic E-state index is 15.6. The van der Waals surface area contributed by atoms with Gasteiger partial charge in [-0.15, -0.1) is 6.42 Å². The van der Waals surface area contributed by atoms with E-state index in [1.54, 1.807) is 23.1 Å². The average molecular weight is 536 g/mol. The molecule has 0 radical (unpaired) electrons. The van der Waals surface area contributed by atoms with Gasteiger partial charge in [0.05, 0.1) is 25.5 Å². The van der Waals surface area contributed by atoms with Crippen molar-refractivity contribution < 1.29 is 18.7 Å². The zero-order valence-electron chi connectivity index (χ0n) is 22.5. The van der Waals surface area contributed by atoms with E-state index in [4.69, 9.17) is 11.2 Å². The lowest BCUT2D eigenvalue weighted by atomic mass is 9.90. The molecule has 2 fully saturated rings. The normalized spacial score (nSPS) is 22.4. The first-order valence-corrected chi connectivity index (χ1v) is 13.3. The van der Waals surface area contributed by atoms with Crippen LogP contribution in [0.1, 0.15) is 42.5 Å². The van der Waals surface area contributed by atoms with E-state index in [9.17, 15) is 9.59 Å². The highest BCUT2D eigenvalue weighted by atomic mass is 19.1. The number of carbonyl (C=O) groups excluding carboxylic acids is 2. The zero-order valence-corrected chi connectivity index (χ0v) is 22.5. The molecule has 2 aromatic rings. The van der Waals surface area contributed by atoms with Crippen LogP contribution in [0.2, 0.25) is 0 Å². The molecule has 3 heterocycles. The molecule has 39 heavy (non-hydrogen) atoms. The molecule has 1 atom stereocenters.